The van der Waals surface area contributed by atoms with Crippen LogP contribution in [0.1, 0.15) is 37.1 Å². The summed E-state index contributed by atoms with van der Waals surface area (Å²) in [5, 5.41) is 14.8. The molecular weight excluding hydrogens is 344 g/mol. The molecule has 1 aromatic carbocycles. The molecule has 8 heteroatoms. The van der Waals surface area contributed by atoms with Gasteiger partial charge in [-0.05, 0) is 11.5 Å². The number of nitrogens with zero attached hydrogens (tertiary/aromatic N) is 2. The molecule has 1 aliphatic heterocycles. The molecule has 1 aliphatic rings. The molecule has 0 aliphatic carbocycles. The van der Waals surface area contributed by atoms with Crippen LogP contribution in [0.25, 0.3) is 0 Å². The highest BCUT2D eigenvalue weighted by Gasteiger charge is 2.24. The van der Waals surface area contributed by atoms with Crippen molar-refractivity contribution >= 4 is 17.8 Å². The number of hydrogen-bond donors (Lipinski definition) is 4. The largest absolute Gasteiger partial charge is 0.333 e. The Bertz CT molecular complexity index is 787. The predicted octanol–water partition coefficient (Wildman–Crippen LogP) is 2.17. The molecule has 0 bridgehead atoms. The third-order valence-corrected chi connectivity index (χ3v) is 4.34. The average Bonchev–Trinajstić information content (AvgIpc) is 3.02. The van der Waals surface area contributed by atoms with Crippen LogP contribution >= 0.6 is 0 Å². The van der Waals surface area contributed by atoms with Gasteiger partial charge in [0.2, 0.25) is 5.91 Å². The second kappa shape index (κ2) is 8.68. The molecule has 0 saturated heterocycles. The van der Waals surface area contributed by atoms with Crippen molar-refractivity contribution in [1.82, 2.24) is 25.9 Å². The van der Waals surface area contributed by atoms with E-state index in [4.69, 9.17) is 0 Å². The molecule has 3 rings (SSSR count). The van der Waals surface area contributed by atoms with E-state index in [-0.39, 0.29) is 17.9 Å². The minimum atomic E-state index is -0.254. The van der Waals surface area contributed by atoms with E-state index in [1.165, 1.54) is 0 Å². The maximum absolute atomic E-state index is 12.2. The zero-order valence-corrected chi connectivity index (χ0v) is 15.7. The predicted molar refractivity (Wildman–Crippen MR) is 103 cm³/mol. The van der Waals surface area contributed by atoms with Crippen molar-refractivity contribution in [2.75, 3.05) is 11.9 Å². The summed E-state index contributed by atoms with van der Waals surface area (Å²) in [6.45, 7) is 5.63. The number of benzene rings is 1. The number of anilines is 1. The van der Waals surface area contributed by atoms with Crippen molar-refractivity contribution in [3.8, 4) is 0 Å². The number of aromatic amines is 1. The lowest BCUT2D eigenvalue weighted by Crippen LogP contribution is -2.48. The summed E-state index contributed by atoms with van der Waals surface area (Å²) in [4.78, 5) is 24.2. The Balaban J connectivity index is 1.53. The van der Waals surface area contributed by atoms with E-state index in [2.05, 4.69) is 26.3 Å². The van der Waals surface area contributed by atoms with Crippen LogP contribution in [0, 0.1) is 5.92 Å². The highest BCUT2D eigenvalue weighted by Crippen LogP contribution is 2.23. The van der Waals surface area contributed by atoms with Crippen LogP contribution in [0.5, 0.6) is 0 Å². The SMILES string of the molecule is CC(C)CC(=O)Nc1n[nH]c2c1CN(NC(=O)NCc1ccccc1)CC2. The van der Waals surface area contributed by atoms with Gasteiger partial charge in [-0.1, -0.05) is 44.2 Å². The molecule has 0 atom stereocenters. The smallest absolute Gasteiger partial charge is 0.329 e. The van der Waals surface area contributed by atoms with Crippen LogP contribution < -0.4 is 16.1 Å². The zero-order valence-electron chi connectivity index (χ0n) is 15.7. The van der Waals surface area contributed by atoms with E-state index in [0.29, 0.717) is 31.9 Å². The number of H-pyrrole nitrogens is 1. The molecule has 0 unspecified atom stereocenters. The fourth-order valence-corrected chi connectivity index (χ4v) is 3.01. The second-order valence-corrected chi connectivity index (χ2v) is 7.13. The van der Waals surface area contributed by atoms with Gasteiger partial charge in [0.05, 0.1) is 0 Å². The van der Waals surface area contributed by atoms with Crippen molar-refractivity contribution in [2.45, 2.75) is 39.8 Å². The Kier molecular flexibility index (Phi) is 6.08. The molecule has 0 fully saturated rings. The Morgan fingerprint density at radius 1 is 1.26 bits per heavy atom. The molecule has 3 amide bonds. The molecule has 2 heterocycles. The van der Waals surface area contributed by atoms with Gasteiger partial charge in [-0.2, -0.15) is 5.10 Å². The lowest BCUT2D eigenvalue weighted by atomic mass is 10.1. The van der Waals surface area contributed by atoms with Crippen molar-refractivity contribution in [3.63, 3.8) is 0 Å². The first kappa shape index (κ1) is 18.9. The minimum absolute atomic E-state index is 0.0509. The van der Waals surface area contributed by atoms with E-state index in [1.54, 1.807) is 0 Å². The number of nitrogens with one attached hydrogen (secondary N) is 4. The standard InChI is InChI=1S/C19H26N6O2/c1-13(2)10-17(26)21-18-15-12-25(9-8-16(15)22-23-18)24-19(27)20-11-14-6-4-3-5-7-14/h3-7,13H,8-12H2,1-2H3,(H2,20,24,27)(H2,21,22,23,26). The molecule has 4 N–H and O–H groups in total. The van der Waals surface area contributed by atoms with Gasteiger partial charge in [0.1, 0.15) is 0 Å². The first-order chi connectivity index (χ1) is 13.0. The van der Waals surface area contributed by atoms with Gasteiger partial charge >= 0.3 is 6.03 Å². The van der Waals surface area contributed by atoms with Gasteiger partial charge in [0.15, 0.2) is 5.82 Å². The van der Waals surface area contributed by atoms with Gasteiger partial charge in [0.25, 0.3) is 0 Å². The number of rotatable bonds is 6. The van der Waals surface area contributed by atoms with Gasteiger partial charge < -0.3 is 10.6 Å². The van der Waals surface area contributed by atoms with Crippen LogP contribution in [0.15, 0.2) is 30.3 Å². The Hall–Kier alpha value is -2.87. The van der Waals surface area contributed by atoms with E-state index in [0.717, 1.165) is 23.2 Å². The molecule has 144 valence electrons. The van der Waals surface area contributed by atoms with Crippen LogP contribution in [0.2, 0.25) is 0 Å². The number of carbonyl (C=O) groups is 2. The molecule has 0 spiro atoms. The number of hydrazine groups is 1. The highest BCUT2D eigenvalue weighted by atomic mass is 16.2. The summed E-state index contributed by atoms with van der Waals surface area (Å²) in [5.41, 5.74) is 5.82. The molecule has 2 aromatic rings. The molecule has 1 aromatic heterocycles. The van der Waals surface area contributed by atoms with E-state index >= 15 is 0 Å². The number of urea groups is 1. The number of amides is 3. The molecule has 27 heavy (non-hydrogen) atoms. The molecule has 0 radical (unpaired) electrons. The monoisotopic (exact) mass is 370 g/mol. The number of fused-ring (bicyclic) bond motifs is 1. The Morgan fingerprint density at radius 2 is 2.04 bits per heavy atom. The fourth-order valence-electron chi connectivity index (χ4n) is 3.01. The van der Waals surface area contributed by atoms with Gasteiger partial charge in [-0.3, -0.25) is 15.3 Å². The van der Waals surface area contributed by atoms with E-state index < -0.39 is 0 Å². The fraction of sp³-hybridized carbons (Fsp3) is 0.421. The second-order valence-electron chi connectivity index (χ2n) is 7.13. The highest BCUT2D eigenvalue weighted by molar-refractivity contribution is 5.90. The number of hydrogen-bond acceptors (Lipinski definition) is 4. The molecule has 8 nitrogen and oxygen atoms in total. The normalized spacial score (nSPS) is 13.9. The minimum Gasteiger partial charge on any atom is -0.333 e. The lowest BCUT2D eigenvalue weighted by molar-refractivity contribution is -0.116. The average molecular weight is 370 g/mol. The maximum atomic E-state index is 12.2. The van der Waals surface area contributed by atoms with Crippen molar-refractivity contribution in [3.05, 3.63) is 47.2 Å². The summed E-state index contributed by atoms with van der Waals surface area (Å²) in [6, 6.07) is 9.49. The van der Waals surface area contributed by atoms with Gasteiger partial charge in [-0.15, -0.1) is 0 Å². The third kappa shape index (κ3) is 5.30. The van der Waals surface area contributed by atoms with Crippen molar-refractivity contribution < 1.29 is 9.59 Å². The van der Waals surface area contributed by atoms with Crippen molar-refractivity contribution in [1.29, 1.82) is 0 Å². The number of carbonyl (C=O) groups excluding carboxylic acids is 2. The molecule has 0 saturated carbocycles. The van der Waals surface area contributed by atoms with Crippen LogP contribution in [0.3, 0.4) is 0 Å². The van der Waals surface area contributed by atoms with Crippen LogP contribution in [-0.4, -0.2) is 33.7 Å². The van der Waals surface area contributed by atoms with E-state index in [1.807, 2.05) is 49.2 Å². The summed E-state index contributed by atoms with van der Waals surface area (Å²) >= 11 is 0. The quantitative estimate of drug-likeness (QED) is 0.626. The summed E-state index contributed by atoms with van der Waals surface area (Å²) in [5.74, 6) is 0.781. The number of aromatic nitrogens is 2. The first-order valence-electron chi connectivity index (χ1n) is 9.20. The summed E-state index contributed by atoms with van der Waals surface area (Å²) in [7, 11) is 0. The Morgan fingerprint density at radius 3 is 2.78 bits per heavy atom. The lowest BCUT2D eigenvalue weighted by Gasteiger charge is -2.27. The topological polar surface area (TPSA) is 102 Å². The summed E-state index contributed by atoms with van der Waals surface area (Å²) in [6.07, 6.45) is 1.17. The van der Waals surface area contributed by atoms with E-state index in [9.17, 15) is 9.59 Å². The van der Waals surface area contributed by atoms with Crippen LogP contribution in [-0.2, 0) is 24.3 Å². The van der Waals surface area contributed by atoms with Crippen LogP contribution in [0.4, 0.5) is 10.6 Å². The maximum Gasteiger partial charge on any atom is 0.329 e. The van der Waals surface area contributed by atoms with Gasteiger partial charge in [-0.25, -0.2) is 9.80 Å². The summed E-state index contributed by atoms with van der Waals surface area (Å²) < 4.78 is 0. The molecular formula is C19H26N6O2. The van der Waals surface area contributed by atoms with Gasteiger partial charge in [0, 0.05) is 43.7 Å². The van der Waals surface area contributed by atoms with Crippen molar-refractivity contribution in [2.24, 2.45) is 5.92 Å². The zero-order chi connectivity index (χ0) is 19.2. The Labute approximate surface area is 158 Å². The third-order valence-electron chi connectivity index (χ3n) is 4.34. The first-order valence-corrected chi connectivity index (χ1v) is 9.20.